The van der Waals surface area contributed by atoms with Gasteiger partial charge in [0, 0.05) is 0 Å². The van der Waals surface area contributed by atoms with Gasteiger partial charge in [-0.05, 0) is 288 Å². The van der Waals surface area contributed by atoms with Crippen LogP contribution in [-0.4, -0.2) is 60.8 Å². The fourth-order valence-corrected chi connectivity index (χ4v) is 12.8. The Balaban J connectivity index is 0.000000306. The summed E-state index contributed by atoms with van der Waals surface area (Å²) in [5.41, 5.74) is 8.39. The number of hydrogen-bond donors (Lipinski definition) is 2. The molecule has 10 unspecified atom stereocenters. The highest BCUT2D eigenvalue weighted by Gasteiger charge is 2.41. The van der Waals surface area contributed by atoms with Crippen molar-refractivity contribution in [2.75, 3.05) is 13.2 Å². The highest BCUT2D eigenvalue weighted by atomic mass is 16.7. The fraction of sp³-hybridized carbons (Fsp3) is 0.604. The van der Waals surface area contributed by atoms with E-state index in [1.165, 1.54) is 59.1 Å². The first-order valence-corrected chi connectivity index (χ1v) is 39.3. The van der Waals surface area contributed by atoms with Crippen molar-refractivity contribution in [3.63, 3.8) is 0 Å². The zero-order valence-electron chi connectivity index (χ0n) is 67.1. The van der Waals surface area contributed by atoms with Crippen LogP contribution in [0.4, 0.5) is 0 Å². The molecular formula is C91H140O10. The van der Waals surface area contributed by atoms with Crippen molar-refractivity contribution in [2.45, 2.75) is 315 Å². The summed E-state index contributed by atoms with van der Waals surface area (Å²) in [5.74, 6) is 10.3. The van der Waals surface area contributed by atoms with Gasteiger partial charge in [-0.3, -0.25) is 0 Å². The molecule has 0 bridgehead atoms. The number of phenolic OH excluding ortho intramolecular Hbond substituents is 2. The molecule has 8 rings (SSSR count). The molecule has 2 fully saturated rings. The largest absolute Gasteiger partial charge is 0.508 e. The lowest BCUT2D eigenvalue weighted by molar-refractivity contribution is -0.132. The quantitative estimate of drug-likeness (QED) is 0.0396. The summed E-state index contributed by atoms with van der Waals surface area (Å²) in [4.78, 5) is 0. The molecule has 0 radical (unpaired) electrons. The van der Waals surface area contributed by atoms with E-state index in [9.17, 15) is 0 Å². The highest BCUT2D eigenvalue weighted by Crippen LogP contribution is 2.49. The Morgan fingerprint density at radius 3 is 0.693 bits per heavy atom. The summed E-state index contributed by atoms with van der Waals surface area (Å²) < 4.78 is 47.6. The Bertz CT molecular complexity index is 2830. The molecule has 0 spiro atoms. The van der Waals surface area contributed by atoms with E-state index in [2.05, 4.69) is 197 Å². The van der Waals surface area contributed by atoms with Crippen molar-refractivity contribution >= 4 is 0 Å². The maximum atomic E-state index is 9.01. The van der Waals surface area contributed by atoms with E-state index in [1.54, 1.807) is 24.3 Å². The lowest BCUT2D eigenvalue weighted by Gasteiger charge is -2.47. The summed E-state index contributed by atoms with van der Waals surface area (Å²) >= 11 is 0. The summed E-state index contributed by atoms with van der Waals surface area (Å²) in [5, 5.41) is 18.0. The van der Waals surface area contributed by atoms with Gasteiger partial charge in [0.25, 0.3) is 0 Å². The molecule has 101 heavy (non-hydrogen) atoms. The van der Waals surface area contributed by atoms with Crippen LogP contribution in [0.5, 0.6) is 34.5 Å². The number of phenols is 2. The highest BCUT2D eigenvalue weighted by molar-refractivity contribution is 5.33. The standard InChI is InChI=1S/C39H60O4.2C16H26O2.2C10H14O/c1-9-27(3)31-11-19-35(20-12-31)40-29(5)42-37-23-15-33(16-24-37)39(7,8)34-17-25-38(26-18-34)43-30(6)41-36-21-13-32(14-22-36)28(4)10-2;2*1-6-13(4)15-7-9-16(10-8-15)18-14(5)17-11-12(2)3;2*1-3-8(2)9-4-6-10(11)7-5-9/h11-14,19-22,27-30,33-34,37-38H,9-10,15-18,23-26H2,1-8H3;2*7-10,12-14H,6,11H2,1-5H3;2*4-8,11H,3H2,1-2H3. The molecule has 10 heteroatoms. The molecule has 0 saturated heterocycles. The Morgan fingerprint density at radius 2 is 0.495 bits per heavy atom. The molecule has 0 aliphatic heterocycles. The molecule has 10 atom stereocenters. The van der Waals surface area contributed by atoms with Gasteiger partial charge >= 0.3 is 0 Å². The summed E-state index contributed by atoms with van der Waals surface area (Å²) in [7, 11) is 0. The number of hydrogen-bond acceptors (Lipinski definition) is 10. The second-order valence-corrected chi connectivity index (χ2v) is 30.6. The third kappa shape index (κ3) is 32.7. The van der Waals surface area contributed by atoms with Gasteiger partial charge in [0.05, 0.1) is 25.4 Å². The van der Waals surface area contributed by atoms with Crippen LogP contribution in [0.25, 0.3) is 0 Å². The van der Waals surface area contributed by atoms with Crippen LogP contribution in [0, 0.1) is 29.1 Å². The molecule has 2 saturated carbocycles. The van der Waals surface area contributed by atoms with E-state index in [4.69, 9.17) is 48.1 Å². The predicted octanol–water partition coefficient (Wildman–Crippen LogP) is 26.0. The molecule has 6 aromatic rings. The van der Waals surface area contributed by atoms with Gasteiger partial charge in [-0.2, -0.15) is 0 Å². The van der Waals surface area contributed by atoms with Crippen LogP contribution in [0.15, 0.2) is 146 Å². The number of aromatic hydroxyl groups is 2. The van der Waals surface area contributed by atoms with Gasteiger partial charge in [0.15, 0.2) is 25.2 Å². The lowest BCUT2D eigenvalue weighted by Crippen LogP contribution is -2.40. The minimum Gasteiger partial charge on any atom is -0.508 e. The molecule has 2 N–H and O–H groups in total. The monoisotopic (exact) mass is 1390 g/mol. The third-order valence-corrected chi connectivity index (χ3v) is 21.2. The van der Waals surface area contributed by atoms with Gasteiger partial charge in [-0.25, -0.2) is 0 Å². The van der Waals surface area contributed by atoms with Gasteiger partial charge < -0.3 is 48.1 Å². The first-order chi connectivity index (χ1) is 48.1. The van der Waals surface area contributed by atoms with Crippen molar-refractivity contribution in [3.05, 3.63) is 179 Å². The van der Waals surface area contributed by atoms with Crippen molar-refractivity contribution in [1.82, 2.24) is 0 Å². The average Bonchev–Trinajstić information content (AvgIpc) is 0.802. The van der Waals surface area contributed by atoms with E-state index in [0.717, 1.165) is 112 Å². The number of benzene rings is 6. The molecule has 0 amide bonds. The van der Waals surface area contributed by atoms with Crippen LogP contribution in [-0.2, 0) is 18.9 Å². The van der Waals surface area contributed by atoms with Crippen LogP contribution in [0.1, 0.15) is 311 Å². The van der Waals surface area contributed by atoms with Gasteiger partial charge in [0.1, 0.15) is 34.5 Å². The summed E-state index contributed by atoms with van der Waals surface area (Å²) in [6.07, 6.45) is 16.1. The van der Waals surface area contributed by atoms with Crippen LogP contribution in [0.2, 0.25) is 0 Å². The maximum Gasteiger partial charge on any atom is 0.197 e. The SMILES string of the molecule is CCC(C)c1ccc(O)cc1.CCC(C)c1ccc(O)cc1.CCC(C)c1ccc(OC(C)OC2CCC(C(C)(C)C3CCC(OC(C)Oc4ccc(C(C)CC)cc4)CC3)CC2)cc1.CCC(C)c1ccc(OC(C)OCC(C)C)cc1.CCC(C)c1ccc(OC(C)OCC(C)C)cc1. The molecule has 2 aliphatic carbocycles. The average molecular weight is 1390 g/mol. The predicted molar refractivity (Wildman–Crippen MR) is 424 cm³/mol. The van der Waals surface area contributed by atoms with Gasteiger partial charge in [-0.15, -0.1) is 0 Å². The van der Waals surface area contributed by atoms with Gasteiger partial charge in [-0.1, -0.05) is 197 Å². The second kappa shape index (κ2) is 46.6. The molecule has 10 nitrogen and oxygen atoms in total. The summed E-state index contributed by atoms with van der Waals surface area (Å²) in [6.45, 7) is 49.6. The van der Waals surface area contributed by atoms with Crippen LogP contribution < -0.4 is 18.9 Å². The van der Waals surface area contributed by atoms with E-state index in [0.29, 0.717) is 76.5 Å². The Morgan fingerprint density at radius 1 is 0.297 bits per heavy atom. The topological polar surface area (TPSA) is 114 Å². The van der Waals surface area contributed by atoms with E-state index in [1.807, 2.05) is 76.2 Å². The van der Waals surface area contributed by atoms with Crippen LogP contribution in [0.3, 0.4) is 0 Å². The fourth-order valence-electron chi connectivity index (χ4n) is 12.8. The Hall–Kier alpha value is -6.04. The Labute approximate surface area is 615 Å². The van der Waals surface area contributed by atoms with Crippen molar-refractivity contribution < 1.29 is 48.1 Å². The number of rotatable bonds is 32. The maximum absolute atomic E-state index is 9.01. The lowest BCUT2D eigenvalue weighted by atomic mass is 9.60. The minimum atomic E-state index is -0.227. The smallest absolute Gasteiger partial charge is 0.197 e. The minimum absolute atomic E-state index is 0.193. The first kappa shape index (κ1) is 87.4. The van der Waals surface area contributed by atoms with Crippen molar-refractivity contribution in [2.24, 2.45) is 29.1 Å². The molecular weight excluding hydrogens is 1250 g/mol. The zero-order valence-corrected chi connectivity index (χ0v) is 67.1. The van der Waals surface area contributed by atoms with Crippen LogP contribution >= 0.6 is 0 Å². The number of ether oxygens (including phenoxy) is 8. The first-order valence-electron chi connectivity index (χ1n) is 39.3. The van der Waals surface area contributed by atoms with Crippen molar-refractivity contribution in [1.29, 1.82) is 0 Å². The normalized spacial score (nSPS) is 19.0. The third-order valence-electron chi connectivity index (χ3n) is 21.2. The molecule has 564 valence electrons. The Kier molecular flexibility index (Phi) is 40.3. The molecule has 0 heterocycles. The molecule has 2 aliphatic rings. The van der Waals surface area contributed by atoms with E-state index in [-0.39, 0.29) is 25.2 Å². The molecule has 6 aromatic carbocycles. The van der Waals surface area contributed by atoms with E-state index >= 15 is 0 Å². The zero-order chi connectivity index (χ0) is 74.6. The molecule has 0 aromatic heterocycles. The summed E-state index contributed by atoms with van der Waals surface area (Å²) in [6, 6.07) is 48.6. The van der Waals surface area contributed by atoms with E-state index < -0.39 is 0 Å². The van der Waals surface area contributed by atoms with Gasteiger partial charge in [0.2, 0.25) is 0 Å². The second-order valence-electron chi connectivity index (χ2n) is 30.6. The van der Waals surface area contributed by atoms with Crippen molar-refractivity contribution in [3.8, 4) is 34.5 Å².